The average Bonchev–Trinajstić information content (AvgIpc) is 2.83. The number of aromatic nitrogens is 2. The molecule has 0 N–H and O–H groups in total. The van der Waals surface area contributed by atoms with Crippen LogP contribution >= 0.6 is 0 Å². The smallest absolute Gasteiger partial charge is 0.190 e. The molecule has 0 bridgehead atoms. The Morgan fingerprint density at radius 2 is 2.12 bits per heavy atom. The van der Waals surface area contributed by atoms with Gasteiger partial charge in [-0.25, -0.2) is 4.98 Å². The highest BCUT2D eigenvalue weighted by Gasteiger charge is 2.29. The molecular weight excluding hydrogens is 212 g/mol. The molecule has 84 valence electrons. The van der Waals surface area contributed by atoms with Gasteiger partial charge >= 0.3 is 0 Å². The predicted octanol–water partition coefficient (Wildman–Crippen LogP) is 2.39. The molecule has 0 fully saturated rings. The zero-order valence-electron chi connectivity index (χ0n) is 9.34. The summed E-state index contributed by atoms with van der Waals surface area (Å²) >= 11 is 0. The summed E-state index contributed by atoms with van der Waals surface area (Å²) < 4.78 is 0. The van der Waals surface area contributed by atoms with E-state index in [4.69, 9.17) is 0 Å². The number of nitrogens with zero attached hydrogens (tertiary/aromatic N) is 2. The molecule has 0 amide bonds. The highest BCUT2D eigenvalue weighted by atomic mass is 16.1. The van der Waals surface area contributed by atoms with Crippen molar-refractivity contribution in [2.75, 3.05) is 0 Å². The lowest BCUT2D eigenvalue weighted by Crippen LogP contribution is -2.12. The molecule has 0 saturated heterocycles. The summed E-state index contributed by atoms with van der Waals surface area (Å²) in [4.78, 5) is 20.3. The Hall–Kier alpha value is -2.03. The minimum absolute atomic E-state index is 0.0390. The molecule has 0 saturated carbocycles. The first kappa shape index (κ1) is 10.1. The SMILES string of the molecule is O=C(c1cnccn1)C1CCc2ccccc21. The van der Waals surface area contributed by atoms with Crippen LogP contribution in [0.5, 0.6) is 0 Å². The van der Waals surface area contributed by atoms with Crippen molar-refractivity contribution in [1.29, 1.82) is 0 Å². The Morgan fingerprint density at radius 1 is 1.24 bits per heavy atom. The van der Waals surface area contributed by atoms with Crippen molar-refractivity contribution in [2.45, 2.75) is 18.8 Å². The Bertz CT molecular complexity index is 551. The summed E-state index contributed by atoms with van der Waals surface area (Å²) in [7, 11) is 0. The van der Waals surface area contributed by atoms with Gasteiger partial charge in [0.25, 0.3) is 0 Å². The van der Waals surface area contributed by atoms with E-state index >= 15 is 0 Å². The van der Waals surface area contributed by atoms with Gasteiger partial charge in [-0.2, -0.15) is 0 Å². The molecule has 0 aliphatic heterocycles. The molecule has 1 aromatic carbocycles. The van der Waals surface area contributed by atoms with Gasteiger partial charge in [0, 0.05) is 18.3 Å². The van der Waals surface area contributed by atoms with E-state index in [1.807, 2.05) is 18.2 Å². The molecule has 1 unspecified atom stereocenters. The van der Waals surface area contributed by atoms with Crippen LogP contribution in [0.3, 0.4) is 0 Å². The summed E-state index contributed by atoms with van der Waals surface area (Å²) in [6.07, 6.45) is 6.55. The van der Waals surface area contributed by atoms with Crippen molar-refractivity contribution in [3.8, 4) is 0 Å². The van der Waals surface area contributed by atoms with Crippen LogP contribution in [0.4, 0.5) is 0 Å². The van der Waals surface area contributed by atoms with Gasteiger partial charge in [-0.1, -0.05) is 24.3 Å². The minimum Gasteiger partial charge on any atom is -0.292 e. The molecule has 1 aliphatic carbocycles. The Balaban J connectivity index is 1.95. The number of rotatable bonds is 2. The molecular formula is C14H12N2O. The van der Waals surface area contributed by atoms with E-state index in [9.17, 15) is 4.79 Å². The van der Waals surface area contributed by atoms with Crippen molar-refractivity contribution < 1.29 is 4.79 Å². The number of carbonyl (C=O) groups is 1. The fraction of sp³-hybridized carbons (Fsp3) is 0.214. The largest absolute Gasteiger partial charge is 0.292 e. The number of carbonyl (C=O) groups excluding carboxylic acids is 1. The zero-order chi connectivity index (χ0) is 11.7. The minimum atomic E-state index is -0.0390. The van der Waals surface area contributed by atoms with Crippen molar-refractivity contribution in [2.24, 2.45) is 0 Å². The molecule has 17 heavy (non-hydrogen) atoms. The number of benzene rings is 1. The van der Waals surface area contributed by atoms with E-state index in [1.54, 1.807) is 18.6 Å². The van der Waals surface area contributed by atoms with E-state index < -0.39 is 0 Å². The maximum atomic E-state index is 12.3. The van der Waals surface area contributed by atoms with E-state index in [0.717, 1.165) is 18.4 Å². The second-order valence-corrected chi connectivity index (χ2v) is 4.24. The molecule has 3 rings (SSSR count). The number of fused-ring (bicyclic) bond motifs is 1. The number of hydrogen-bond donors (Lipinski definition) is 0. The average molecular weight is 224 g/mol. The fourth-order valence-corrected chi connectivity index (χ4v) is 2.43. The van der Waals surface area contributed by atoms with Gasteiger partial charge < -0.3 is 0 Å². The summed E-state index contributed by atoms with van der Waals surface area (Å²) in [5, 5.41) is 0. The topological polar surface area (TPSA) is 42.9 Å². The molecule has 1 aliphatic rings. The van der Waals surface area contributed by atoms with Crippen LogP contribution in [0, 0.1) is 0 Å². The van der Waals surface area contributed by atoms with Crippen LogP contribution in [0.15, 0.2) is 42.9 Å². The van der Waals surface area contributed by atoms with Gasteiger partial charge in [0.1, 0.15) is 5.69 Å². The Labute approximate surface area is 99.5 Å². The highest BCUT2D eigenvalue weighted by molar-refractivity contribution is 5.99. The molecule has 3 nitrogen and oxygen atoms in total. The molecule has 0 spiro atoms. The third kappa shape index (κ3) is 1.73. The van der Waals surface area contributed by atoms with Crippen molar-refractivity contribution in [3.05, 3.63) is 59.7 Å². The maximum absolute atomic E-state index is 12.3. The maximum Gasteiger partial charge on any atom is 0.190 e. The summed E-state index contributed by atoms with van der Waals surface area (Å²) in [5.41, 5.74) is 2.91. The Morgan fingerprint density at radius 3 is 2.94 bits per heavy atom. The first-order valence-corrected chi connectivity index (χ1v) is 5.74. The monoisotopic (exact) mass is 224 g/mol. The first-order valence-electron chi connectivity index (χ1n) is 5.74. The van der Waals surface area contributed by atoms with Crippen molar-refractivity contribution in [1.82, 2.24) is 9.97 Å². The van der Waals surface area contributed by atoms with Gasteiger partial charge in [0.15, 0.2) is 5.78 Å². The quantitative estimate of drug-likeness (QED) is 0.735. The predicted molar refractivity (Wildman–Crippen MR) is 63.9 cm³/mol. The standard InChI is InChI=1S/C14H12N2O/c17-14(13-9-15-7-8-16-13)12-6-5-10-3-1-2-4-11(10)12/h1-4,7-9,12H,5-6H2. The molecule has 3 heteroatoms. The highest BCUT2D eigenvalue weighted by Crippen LogP contribution is 2.34. The molecule has 0 radical (unpaired) electrons. The molecule has 1 atom stereocenters. The summed E-state index contributed by atoms with van der Waals surface area (Å²) in [6.45, 7) is 0. The summed E-state index contributed by atoms with van der Waals surface area (Å²) in [5.74, 6) is 0.0472. The fourth-order valence-electron chi connectivity index (χ4n) is 2.43. The van der Waals surface area contributed by atoms with Gasteiger partial charge in [-0.3, -0.25) is 9.78 Å². The van der Waals surface area contributed by atoms with Crippen LogP contribution in [-0.2, 0) is 6.42 Å². The van der Waals surface area contributed by atoms with Crippen molar-refractivity contribution >= 4 is 5.78 Å². The van der Waals surface area contributed by atoms with E-state index in [1.165, 1.54) is 5.56 Å². The van der Waals surface area contributed by atoms with E-state index in [0.29, 0.717) is 5.69 Å². The van der Waals surface area contributed by atoms with Crippen LogP contribution in [0.25, 0.3) is 0 Å². The lowest BCUT2D eigenvalue weighted by atomic mass is 9.95. The van der Waals surface area contributed by atoms with Gasteiger partial charge in [-0.05, 0) is 24.0 Å². The zero-order valence-corrected chi connectivity index (χ0v) is 9.34. The van der Waals surface area contributed by atoms with E-state index in [2.05, 4.69) is 16.0 Å². The van der Waals surface area contributed by atoms with Gasteiger partial charge in [-0.15, -0.1) is 0 Å². The molecule has 2 aromatic rings. The van der Waals surface area contributed by atoms with Crippen LogP contribution in [0.1, 0.15) is 34.0 Å². The second-order valence-electron chi connectivity index (χ2n) is 4.24. The van der Waals surface area contributed by atoms with Crippen LogP contribution in [-0.4, -0.2) is 15.8 Å². The normalized spacial score (nSPS) is 17.8. The molecule has 1 aromatic heterocycles. The first-order chi connectivity index (χ1) is 8.36. The van der Waals surface area contributed by atoms with Crippen molar-refractivity contribution in [3.63, 3.8) is 0 Å². The second kappa shape index (κ2) is 4.09. The lowest BCUT2D eigenvalue weighted by molar-refractivity contribution is 0.0954. The number of hydrogen-bond acceptors (Lipinski definition) is 3. The van der Waals surface area contributed by atoms with Gasteiger partial charge in [0.2, 0.25) is 0 Å². The van der Waals surface area contributed by atoms with Crippen LogP contribution < -0.4 is 0 Å². The Kier molecular flexibility index (Phi) is 2.44. The summed E-state index contributed by atoms with van der Waals surface area (Å²) in [6, 6.07) is 8.15. The molecule has 1 heterocycles. The number of ketones is 1. The van der Waals surface area contributed by atoms with Crippen LogP contribution in [0.2, 0.25) is 0 Å². The van der Waals surface area contributed by atoms with Gasteiger partial charge in [0.05, 0.1) is 6.20 Å². The third-order valence-electron chi connectivity index (χ3n) is 3.26. The van der Waals surface area contributed by atoms with E-state index in [-0.39, 0.29) is 11.7 Å². The lowest BCUT2D eigenvalue weighted by Gasteiger charge is -2.09. The number of Topliss-reactive ketones (excluding diaryl/α,β-unsaturated/α-hetero) is 1. The number of aryl methyl sites for hydroxylation is 1. The third-order valence-corrected chi connectivity index (χ3v) is 3.26.